The first-order valence-corrected chi connectivity index (χ1v) is 9.77. The lowest BCUT2D eigenvalue weighted by atomic mass is 10.1. The smallest absolute Gasteiger partial charge is 0.251 e. The molecule has 2 unspecified atom stereocenters. The monoisotopic (exact) mass is 424 g/mol. The van der Waals surface area contributed by atoms with Gasteiger partial charge < -0.3 is 26.7 Å². The SMILES string of the molecule is CCCC(NC(=O)c1ccc([NH+](C)Cc2cnc3nc(N)nc(N)c3n2)cc1)C(=O)[O-]. The van der Waals surface area contributed by atoms with Gasteiger partial charge in [-0.3, -0.25) is 9.69 Å². The number of quaternary nitrogens is 1. The summed E-state index contributed by atoms with van der Waals surface area (Å²) in [5.74, 6) is -1.54. The molecule has 31 heavy (non-hydrogen) atoms. The number of benzene rings is 1. The van der Waals surface area contributed by atoms with Crippen LogP contribution < -0.4 is 26.8 Å². The predicted molar refractivity (Wildman–Crippen MR) is 112 cm³/mol. The van der Waals surface area contributed by atoms with Crippen molar-refractivity contribution in [3.8, 4) is 0 Å². The van der Waals surface area contributed by atoms with Gasteiger partial charge >= 0.3 is 0 Å². The molecular weight excluding hydrogens is 400 g/mol. The van der Waals surface area contributed by atoms with Crippen molar-refractivity contribution < 1.29 is 19.6 Å². The Morgan fingerprint density at radius 3 is 2.52 bits per heavy atom. The van der Waals surface area contributed by atoms with Crippen LogP contribution in [0.5, 0.6) is 0 Å². The highest BCUT2D eigenvalue weighted by Crippen LogP contribution is 2.14. The number of hydrogen-bond donors (Lipinski definition) is 4. The van der Waals surface area contributed by atoms with Crippen LogP contribution in [0.15, 0.2) is 30.5 Å². The molecular formula is C20H24N8O3. The highest BCUT2D eigenvalue weighted by Gasteiger charge is 2.16. The molecule has 0 spiro atoms. The number of nitrogens with one attached hydrogen (secondary N) is 2. The van der Waals surface area contributed by atoms with E-state index in [2.05, 4.69) is 25.3 Å². The fourth-order valence-electron chi connectivity index (χ4n) is 3.13. The number of aromatic nitrogens is 4. The molecule has 6 N–H and O–H groups in total. The molecule has 1 amide bonds. The van der Waals surface area contributed by atoms with E-state index in [1.807, 2.05) is 14.0 Å². The number of carbonyl (C=O) groups excluding carboxylic acids is 2. The third-order valence-electron chi connectivity index (χ3n) is 4.75. The zero-order valence-corrected chi connectivity index (χ0v) is 17.3. The van der Waals surface area contributed by atoms with Gasteiger partial charge in [-0.2, -0.15) is 9.97 Å². The summed E-state index contributed by atoms with van der Waals surface area (Å²) >= 11 is 0. The van der Waals surface area contributed by atoms with Crippen LogP contribution in [0.2, 0.25) is 0 Å². The number of carboxylic acids is 1. The number of carbonyl (C=O) groups is 2. The minimum Gasteiger partial charge on any atom is -0.548 e. The van der Waals surface area contributed by atoms with Crippen LogP contribution in [0.4, 0.5) is 17.5 Å². The average Bonchev–Trinajstić information content (AvgIpc) is 2.73. The molecule has 0 saturated carbocycles. The third kappa shape index (κ3) is 5.20. The zero-order chi connectivity index (χ0) is 22.5. The number of nitrogens with zero attached hydrogens (tertiary/aromatic N) is 4. The Morgan fingerprint density at radius 2 is 1.87 bits per heavy atom. The molecule has 0 saturated heterocycles. The summed E-state index contributed by atoms with van der Waals surface area (Å²) in [5, 5.41) is 13.6. The Kier molecular flexibility index (Phi) is 6.55. The number of anilines is 2. The van der Waals surface area contributed by atoms with Gasteiger partial charge in [-0.05, 0) is 30.7 Å². The van der Waals surface area contributed by atoms with E-state index in [4.69, 9.17) is 11.5 Å². The first kappa shape index (κ1) is 21.8. The molecule has 2 atom stereocenters. The number of nitrogens with two attached hydrogens (primary N) is 2. The van der Waals surface area contributed by atoms with Gasteiger partial charge in [0, 0.05) is 5.56 Å². The van der Waals surface area contributed by atoms with E-state index in [-0.39, 0.29) is 11.8 Å². The molecule has 11 heteroatoms. The minimum atomic E-state index is -1.29. The number of nitrogen functional groups attached to an aromatic ring is 2. The summed E-state index contributed by atoms with van der Waals surface area (Å²) < 4.78 is 0. The normalized spacial score (nSPS) is 13.0. The number of amides is 1. The molecule has 1 aromatic carbocycles. The van der Waals surface area contributed by atoms with Crippen LogP contribution in [-0.4, -0.2) is 44.9 Å². The third-order valence-corrected chi connectivity index (χ3v) is 4.75. The average molecular weight is 424 g/mol. The van der Waals surface area contributed by atoms with Crippen LogP contribution in [0.1, 0.15) is 35.8 Å². The lowest BCUT2D eigenvalue weighted by molar-refractivity contribution is -0.825. The van der Waals surface area contributed by atoms with Crippen LogP contribution in [0.3, 0.4) is 0 Å². The molecule has 2 aromatic heterocycles. The van der Waals surface area contributed by atoms with E-state index in [9.17, 15) is 14.7 Å². The Balaban J connectivity index is 1.70. The molecule has 3 rings (SSSR count). The zero-order valence-electron chi connectivity index (χ0n) is 17.3. The highest BCUT2D eigenvalue weighted by atomic mass is 16.4. The molecule has 0 aliphatic heterocycles. The molecule has 162 valence electrons. The summed E-state index contributed by atoms with van der Waals surface area (Å²) in [5.41, 5.74) is 14.1. The van der Waals surface area contributed by atoms with E-state index in [0.717, 1.165) is 10.6 Å². The van der Waals surface area contributed by atoms with Crippen molar-refractivity contribution in [3.05, 3.63) is 41.7 Å². The van der Waals surface area contributed by atoms with Crippen molar-refractivity contribution in [2.24, 2.45) is 0 Å². The van der Waals surface area contributed by atoms with Gasteiger partial charge in [0.05, 0.1) is 25.3 Å². The number of carboxylic acid groups (broad SMARTS) is 1. The predicted octanol–water partition coefficient (Wildman–Crippen LogP) is -1.42. The van der Waals surface area contributed by atoms with Gasteiger partial charge in [0.25, 0.3) is 5.91 Å². The topological polar surface area (TPSA) is 177 Å². The van der Waals surface area contributed by atoms with Crippen molar-refractivity contribution in [2.45, 2.75) is 32.4 Å². The van der Waals surface area contributed by atoms with Crippen molar-refractivity contribution in [1.29, 1.82) is 0 Å². The van der Waals surface area contributed by atoms with E-state index in [1.54, 1.807) is 30.5 Å². The van der Waals surface area contributed by atoms with E-state index < -0.39 is 17.9 Å². The lowest BCUT2D eigenvalue weighted by Gasteiger charge is -2.19. The first-order chi connectivity index (χ1) is 14.8. The standard InChI is InChI=1S/C20H24N8O3/c1-3-4-14(19(30)31)25-18(29)11-5-7-13(8-6-11)28(2)10-12-9-23-17-15(24-12)16(21)26-20(22)27-17/h5-9,14H,3-4,10H2,1-2H3,(H,25,29)(H,30,31)(H4,21,22,23,26,27). The van der Waals surface area contributed by atoms with Crippen molar-refractivity contribution >= 4 is 40.5 Å². The quantitative estimate of drug-likeness (QED) is 0.338. The fraction of sp³-hybridized carbons (Fsp3) is 0.300. The first-order valence-electron chi connectivity index (χ1n) is 9.77. The molecule has 2 heterocycles. The maximum absolute atomic E-state index is 12.3. The van der Waals surface area contributed by atoms with Gasteiger partial charge in [-0.1, -0.05) is 13.3 Å². The molecule has 3 aromatic rings. The van der Waals surface area contributed by atoms with Crippen molar-refractivity contribution in [3.63, 3.8) is 0 Å². The number of fused-ring (bicyclic) bond motifs is 1. The van der Waals surface area contributed by atoms with Crippen LogP contribution >= 0.6 is 0 Å². The van der Waals surface area contributed by atoms with E-state index in [1.165, 1.54) is 0 Å². The maximum atomic E-state index is 12.3. The lowest BCUT2D eigenvalue weighted by Crippen LogP contribution is -3.02. The second-order valence-corrected chi connectivity index (χ2v) is 7.17. The second-order valence-electron chi connectivity index (χ2n) is 7.17. The van der Waals surface area contributed by atoms with Crippen LogP contribution in [0.25, 0.3) is 11.2 Å². The Labute approximate surface area is 178 Å². The molecule has 0 radical (unpaired) electrons. The Morgan fingerprint density at radius 1 is 1.16 bits per heavy atom. The fourth-order valence-corrected chi connectivity index (χ4v) is 3.13. The number of aliphatic carboxylic acids is 1. The summed E-state index contributed by atoms with van der Waals surface area (Å²) in [4.78, 5) is 41.1. The maximum Gasteiger partial charge on any atom is 0.251 e. The second kappa shape index (κ2) is 9.30. The molecule has 0 aliphatic carbocycles. The molecule has 0 aliphatic rings. The van der Waals surface area contributed by atoms with Crippen molar-refractivity contribution in [1.82, 2.24) is 25.3 Å². The summed E-state index contributed by atoms with van der Waals surface area (Å²) in [7, 11) is 1.94. The Bertz CT molecular complexity index is 1100. The highest BCUT2D eigenvalue weighted by molar-refractivity contribution is 5.96. The van der Waals surface area contributed by atoms with Gasteiger partial charge in [-0.25, -0.2) is 9.97 Å². The van der Waals surface area contributed by atoms with Gasteiger partial charge in [0.1, 0.15) is 17.9 Å². The molecule has 11 nitrogen and oxygen atoms in total. The van der Waals surface area contributed by atoms with E-state index in [0.29, 0.717) is 41.8 Å². The minimum absolute atomic E-state index is 0.0413. The Hall–Kier alpha value is -3.86. The summed E-state index contributed by atoms with van der Waals surface area (Å²) in [6.45, 7) is 2.34. The summed E-state index contributed by atoms with van der Waals surface area (Å²) in [6.07, 6.45) is 2.54. The number of hydrogen-bond acceptors (Lipinski definition) is 9. The largest absolute Gasteiger partial charge is 0.548 e. The van der Waals surface area contributed by atoms with Gasteiger partial charge in [-0.15, -0.1) is 0 Å². The van der Waals surface area contributed by atoms with Crippen LogP contribution in [-0.2, 0) is 11.3 Å². The van der Waals surface area contributed by atoms with Crippen molar-refractivity contribution in [2.75, 3.05) is 18.5 Å². The summed E-state index contributed by atoms with van der Waals surface area (Å²) in [6, 6.07) is 5.87. The van der Waals surface area contributed by atoms with Crippen LogP contribution in [0, 0.1) is 0 Å². The van der Waals surface area contributed by atoms with Gasteiger partial charge in [0.15, 0.2) is 17.0 Å². The van der Waals surface area contributed by atoms with Gasteiger partial charge in [0.2, 0.25) is 5.95 Å². The molecule has 0 bridgehead atoms. The molecule has 0 fully saturated rings. The number of rotatable bonds is 8. The van der Waals surface area contributed by atoms with E-state index >= 15 is 0 Å².